The summed E-state index contributed by atoms with van der Waals surface area (Å²) in [7, 11) is 0. The number of aromatic hydroxyl groups is 1. The third-order valence-corrected chi connectivity index (χ3v) is 1.47. The van der Waals surface area contributed by atoms with Gasteiger partial charge in [-0.15, -0.1) is 0 Å². The maximum atomic E-state index is 12.8. The third-order valence-electron chi connectivity index (χ3n) is 1.47. The molecule has 0 aliphatic rings. The molecule has 0 aliphatic carbocycles. The van der Waals surface area contributed by atoms with Crippen molar-refractivity contribution in [3.05, 3.63) is 24.0 Å². The number of nitrogens with one attached hydrogen (secondary N) is 1. The van der Waals surface area contributed by atoms with E-state index in [4.69, 9.17) is 5.11 Å². The second-order valence-corrected chi connectivity index (χ2v) is 2.51. The van der Waals surface area contributed by atoms with Gasteiger partial charge in [0, 0.05) is 11.8 Å². The van der Waals surface area contributed by atoms with E-state index in [1.165, 1.54) is 6.07 Å². The number of phenols is 1. The molecule has 76 valence electrons. The van der Waals surface area contributed by atoms with Gasteiger partial charge in [0.15, 0.2) is 11.6 Å². The highest BCUT2D eigenvalue weighted by atomic mass is 19.1. The molecule has 1 aromatic carbocycles. The summed E-state index contributed by atoms with van der Waals surface area (Å²) in [6.07, 6.45) is -0.655. The predicted molar refractivity (Wildman–Crippen MR) is 48.7 cm³/mol. The number of carbonyl (C=O) groups is 1. The molecule has 0 saturated carbocycles. The number of carbonyl (C=O) groups excluding carboxylic acids is 1. The van der Waals surface area contributed by atoms with Crippen molar-refractivity contribution in [2.75, 3.05) is 11.9 Å². The standard InChI is InChI=1S/C9H10FNO3/c1-2-14-9(13)11-6-3-4-8(12)7(10)5-6/h3-5,12H,2H2,1H3,(H,11,13). The van der Waals surface area contributed by atoms with Gasteiger partial charge in [-0.05, 0) is 19.1 Å². The quantitative estimate of drug-likeness (QED) is 0.717. The Bertz CT molecular complexity index is 341. The summed E-state index contributed by atoms with van der Waals surface area (Å²) in [4.78, 5) is 10.9. The van der Waals surface area contributed by atoms with E-state index in [0.29, 0.717) is 0 Å². The first-order valence-corrected chi connectivity index (χ1v) is 4.05. The molecule has 1 rings (SSSR count). The van der Waals surface area contributed by atoms with Gasteiger partial charge in [0.25, 0.3) is 0 Å². The van der Waals surface area contributed by atoms with Crippen molar-refractivity contribution in [3.63, 3.8) is 0 Å². The number of hydrogen-bond acceptors (Lipinski definition) is 3. The predicted octanol–water partition coefficient (Wildman–Crippen LogP) is 2.10. The lowest BCUT2D eigenvalue weighted by molar-refractivity contribution is 0.168. The molecular weight excluding hydrogens is 189 g/mol. The summed E-state index contributed by atoms with van der Waals surface area (Å²) in [5, 5.41) is 11.2. The normalized spacial score (nSPS) is 9.57. The van der Waals surface area contributed by atoms with Crippen LogP contribution in [0.25, 0.3) is 0 Å². The van der Waals surface area contributed by atoms with E-state index >= 15 is 0 Å². The van der Waals surface area contributed by atoms with Crippen molar-refractivity contribution in [1.82, 2.24) is 0 Å². The van der Waals surface area contributed by atoms with Crippen LogP contribution in [0.5, 0.6) is 5.75 Å². The van der Waals surface area contributed by atoms with Crippen LogP contribution in [0, 0.1) is 5.82 Å². The van der Waals surface area contributed by atoms with Crippen molar-refractivity contribution in [1.29, 1.82) is 0 Å². The number of phenolic OH excluding ortho intramolecular Hbond substituents is 1. The summed E-state index contributed by atoms with van der Waals surface area (Å²) in [5.74, 6) is -1.25. The van der Waals surface area contributed by atoms with Crippen LogP contribution in [0.1, 0.15) is 6.92 Å². The highest BCUT2D eigenvalue weighted by Gasteiger charge is 2.05. The van der Waals surface area contributed by atoms with Gasteiger partial charge >= 0.3 is 6.09 Å². The molecule has 0 fully saturated rings. The largest absolute Gasteiger partial charge is 0.505 e. The first kappa shape index (κ1) is 10.3. The van der Waals surface area contributed by atoms with E-state index < -0.39 is 17.7 Å². The average Bonchev–Trinajstić information content (AvgIpc) is 2.12. The fourth-order valence-electron chi connectivity index (χ4n) is 0.870. The van der Waals surface area contributed by atoms with Gasteiger partial charge in [-0.3, -0.25) is 5.32 Å². The van der Waals surface area contributed by atoms with Crippen LogP contribution in [0.4, 0.5) is 14.9 Å². The Labute approximate surface area is 80.3 Å². The lowest BCUT2D eigenvalue weighted by Crippen LogP contribution is -2.13. The molecule has 0 heterocycles. The minimum absolute atomic E-state index is 0.235. The van der Waals surface area contributed by atoms with Crippen LogP contribution in [-0.2, 0) is 4.74 Å². The van der Waals surface area contributed by atoms with Gasteiger partial charge in [-0.1, -0.05) is 0 Å². The molecular formula is C9H10FNO3. The van der Waals surface area contributed by atoms with Crippen molar-refractivity contribution in [2.24, 2.45) is 0 Å². The van der Waals surface area contributed by atoms with E-state index in [1.54, 1.807) is 6.92 Å². The fraction of sp³-hybridized carbons (Fsp3) is 0.222. The van der Waals surface area contributed by atoms with E-state index in [1.807, 2.05) is 0 Å². The topological polar surface area (TPSA) is 58.6 Å². The molecule has 1 amide bonds. The Balaban J connectivity index is 2.68. The summed E-state index contributed by atoms with van der Waals surface area (Å²) in [6.45, 7) is 1.91. The second-order valence-electron chi connectivity index (χ2n) is 2.51. The molecule has 1 aromatic rings. The summed E-state index contributed by atoms with van der Waals surface area (Å²) >= 11 is 0. The summed E-state index contributed by atoms with van der Waals surface area (Å²) in [5.41, 5.74) is 0.235. The highest BCUT2D eigenvalue weighted by Crippen LogP contribution is 2.19. The highest BCUT2D eigenvalue weighted by molar-refractivity contribution is 5.84. The Morgan fingerprint density at radius 3 is 2.93 bits per heavy atom. The second kappa shape index (κ2) is 4.45. The molecule has 0 saturated heterocycles. The Kier molecular flexibility index (Phi) is 3.28. The summed E-state index contributed by atoms with van der Waals surface area (Å²) in [6, 6.07) is 3.53. The van der Waals surface area contributed by atoms with Crippen LogP contribution in [0.3, 0.4) is 0 Å². The Morgan fingerprint density at radius 2 is 2.36 bits per heavy atom. The SMILES string of the molecule is CCOC(=O)Nc1ccc(O)c(F)c1. The minimum Gasteiger partial charge on any atom is -0.505 e. The zero-order valence-corrected chi connectivity index (χ0v) is 7.58. The molecule has 5 heteroatoms. The third kappa shape index (κ3) is 2.62. The van der Waals surface area contributed by atoms with Crippen LogP contribution in [-0.4, -0.2) is 17.8 Å². The number of ether oxygens (including phenoxy) is 1. The summed E-state index contributed by atoms with van der Waals surface area (Å²) < 4.78 is 17.4. The van der Waals surface area contributed by atoms with Crippen molar-refractivity contribution >= 4 is 11.8 Å². The van der Waals surface area contributed by atoms with Gasteiger partial charge in [0.2, 0.25) is 0 Å². The smallest absolute Gasteiger partial charge is 0.411 e. The Hall–Kier alpha value is -1.78. The number of benzene rings is 1. The molecule has 0 radical (unpaired) electrons. The maximum Gasteiger partial charge on any atom is 0.411 e. The molecule has 0 aliphatic heterocycles. The molecule has 0 aromatic heterocycles. The first-order chi connectivity index (χ1) is 6.63. The van der Waals surface area contributed by atoms with Crippen molar-refractivity contribution in [3.8, 4) is 5.75 Å². The fourth-order valence-corrected chi connectivity index (χ4v) is 0.870. The van der Waals surface area contributed by atoms with Gasteiger partial charge < -0.3 is 9.84 Å². The van der Waals surface area contributed by atoms with Crippen LogP contribution < -0.4 is 5.32 Å². The molecule has 0 unspecified atom stereocenters. The van der Waals surface area contributed by atoms with Gasteiger partial charge in [-0.2, -0.15) is 0 Å². The number of hydrogen-bond donors (Lipinski definition) is 2. The maximum absolute atomic E-state index is 12.8. The van der Waals surface area contributed by atoms with E-state index in [-0.39, 0.29) is 12.3 Å². The van der Waals surface area contributed by atoms with E-state index in [0.717, 1.165) is 12.1 Å². The Morgan fingerprint density at radius 1 is 1.64 bits per heavy atom. The van der Waals surface area contributed by atoms with Crippen molar-refractivity contribution in [2.45, 2.75) is 6.92 Å². The first-order valence-electron chi connectivity index (χ1n) is 4.05. The minimum atomic E-state index is -0.792. The molecule has 0 bridgehead atoms. The molecule has 4 nitrogen and oxygen atoms in total. The van der Waals surface area contributed by atoms with Gasteiger partial charge in [0.1, 0.15) is 0 Å². The molecule has 0 atom stereocenters. The van der Waals surface area contributed by atoms with Crippen LogP contribution in [0.15, 0.2) is 18.2 Å². The average molecular weight is 199 g/mol. The monoisotopic (exact) mass is 199 g/mol. The number of anilines is 1. The number of halogens is 1. The molecule has 0 spiro atoms. The zero-order valence-electron chi connectivity index (χ0n) is 7.58. The van der Waals surface area contributed by atoms with E-state index in [2.05, 4.69) is 10.1 Å². The number of amides is 1. The molecule has 14 heavy (non-hydrogen) atoms. The van der Waals surface area contributed by atoms with Crippen LogP contribution >= 0.6 is 0 Å². The van der Waals surface area contributed by atoms with E-state index in [9.17, 15) is 9.18 Å². The lowest BCUT2D eigenvalue weighted by Gasteiger charge is -2.05. The zero-order chi connectivity index (χ0) is 10.6. The molecule has 2 N–H and O–H groups in total. The van der Waals surface area contributed by atoms with Gasteiger partial charge in [0.05, 0.1) is 6.61 Å². The van der Waals surface area contributed by atoms with Crippen LogP contribution in [0.2, 0.25) is 0 Å². The lowest BCUT2D eigenvalue weighted by atomic mass is 10.3. The van der Waals surface area contributed by atoms with Gasteiger partial charge in [-0.25, -0.2) is 9.18 Å². The van der Waals surface area contributed by atoms with Crippen molar-refractivity contribution < 1.29 is 19.0 Å². The number of rotatable bonds is 2.